The van der Waals surface area contributed by atoms with E-state index < -0.39 is 11.7 Å². The Morgan fingerprint density at radius 3 is 2.56 bits per heavy atom. The summed E-state index contributed by atoms with van der Waals surface area (Å²) in [4.78, 5) is 4.58. The highest BCUT2D eigenvalue weighted by Crippen LogP contribution is 2.29. The molecule has 0 aromatic heterocycles. The second-order valence-electron chi connectivity index (χ2n) is 3.15. The maximum Gasteiger partial charge on any atom is 0.416 e. The molecule has 1 rings (SSSR count). The van der Waals surface area contributed by atoms with E-state index in [0.717, 1.165) is 12.1 Å². The Morgan fingerprint density at radius 2 is 2.06 bits per heavy atom. The quantitative estimate of drug-likeness (QED) is 0.576. The zero-order valence-electron chi connectivity index (χ0n) is 9.01. The van der Waals surface area contributed by atoms with Crippen LogP contribution in [0.5, 0.6) is 0 Å². The molecule has 0 bridgehead atoms. The molecule has 0 aliphatic carbocycles. The smallest absolute Gasteiger partial charge is 0.399 e. The molecule has 0 heterocycles. The lowest BCUT2D eigenvalue weighted by atomic mass is 10.0. The number of alkyl halides is 3. The molecular formula is C11H12F3NO. The van der Waals surface area contributed by atoms with Crippen LogP contribution in [0.15, 0.2) is 29.4 Å². The molecule has 1 aromatic rings. The van der Waals surface area contributed by atoms with Crippen LogP contribution in [0, 0.1) is 0 Å². The van der Waals surface area contributed by atoms with Crippen molar-refractivity contribution in [2.24, 2.45) is 5.16 Å². The molecule has 16 heavy (non-hydrogen) atoms. The standard InChI is InChI=1S/C11H12F3NO/c1-3-10(15-16-2)8-5-4-6-9(7-8)11(12,13)14/h4-7H,3H2,1-2H3/b15-10-. The molecule has 0 unspecified atom stereocenters. The van der Waals surface area contributed by atoms with Gasteiger partial charge in [-0.15, -0.1) is 0 Å². The zero-order valence-corrected chi connectivity index (χ0v) is 9.01. The third-order valence-corrected chi connectivity index (χ3v) is 2.06. The number of halogens is 3. The van der Waals surface area contributed by atoms with E-state index in [-0.39, 0.29) is 0 Å². The van der Waals surface area contributed by atoms with Gasteiger partial charge in [0.2, 0.25) is 0 Å². The zero-order chi connectivity index (χ0) is 12.2. The van der Waals surface area contributed by atoms with Gasteiger partial charge in [0.1, 0.15) is 7.11 Å². The molecule has 0 saturated carbocycles. The number of rotatable bonds is 3. The molecule has 88 valence electrons. The maximum absolute atomic E-state index is 12.4. The molecule has 0 spiro atoms. The lowest BCUT2D eigenvalue weighted by Gasteiger charge is -2.09. The Hall–Kier alpha value is -1.52. The molecule has 5 heteroatoms. The summed E-state index contributed by atoms with van der Waals surface area (Å²) in [6, 6.07) is 5.04. The van der Waals surface area contributed by atoms with Crippen molar-refractivity contribution in [3.05, 3.63) is 35.4 Å². The normalized spacial score (nSPS) is 12.7. The van der Waals surface area contributed by atoms with Gasteiger partial charge in [0, 0.05) is 0 Å². The van der Waals surface area contributed by atoms with Crippen molar-refractivity contribution in [1.29, 1.82) is 0 Å². The first kappa shape index (κ1) is 12.5. The second kappa shape index (κ2) is 5.01. The third kappa shape index (κ3) is 2.98. The number of nitrogens with zero attached hydrogens (tertiary/aromatic N) is 1. The monoisotopic (exact) mass is 231 g/mol. The van der Waals surface area contributed by atoms with Crippen molar-refractivity contribution in [2.45, 2.75) is 19.5 Å². The fourth-order valence-electron chi connectivity index (χ4n) is 1.31. The van der Waals surface area contributed by atoms with Crippen molar-refractivity contribution in [3.8, 4) is 0 Å². The molecule has 0 radical (unpaired) electrons. The summed E-state index contributed by atoms with van der Waals surface area (Å²) in [5.74, 6) is 0. The van der Waals surface area contributed by atoms with Gasteiger partial charge < -0.3 is 4.84 Å². The minimum absolute atomic E-state index is 0.430. The first-order chi connectivity index (χ1) is 7.49. The Labute approximate surface area is 91.7 Å². The van der Waals surface area contributed by atoms with E-state index in [4.69, 9.17) is 0 Å². The minimum atomic E-state index is -4.33. The van der Waals surface area contributed by atoms with Crippen molar-refractivity contribution >= 4 is 5.71 Å². The van der Waals surface area contributed by atoms with E-state index >= 15 is 0 Å². The highest BCUT2D eigenvalue weighted by Gasteiger charge is 2.30. The topological polar surface area (TPSA) is 21.6 Å². The van der Waals surface area contributed by atoms with Gasteiger partial charge in [-0.2, -0.15) is 13.2 Å². The predicted molar refractivity (Wildman–Crippen MR) is 55.3 cm³/mol. The fourth-order valence-corrected chi connectivity index (χ4v) is 1.31. The molecule has 0 amide bonds. The van der Waals surface area contributed by atoms with E-state index in [1.165, 1.54) is 13.2 Å². The lowest BCUT2D eigenvalue weighted by molar-refractivity contribution is -0.137. The van der Waals surface area contributed by atoms with Gasteiger partial charge in [-0.1, -0.05) is 24.2 Å². The molecule has 1 aromatic carbocycles. The average Bonchev–Trinajstić information content (AvgIpc) is 2.25. The Morgan fingerprint density at radius 1 is 1.38 bits per heavy atom. The van der Waals surface area contributed by atoms with Crippen LogP contribution in [-0.2, 0) is 11.0 Å². The summed E-state index contributed by atoms with van der Waals surface area (Å²) in [5, 5.41) is 3.69. The molecular weight excluding hydrogens is 219 g/mol. The maximum atomic E-state index is 12.4. The van der Waals surface area contributed by atoms with Crippen LogP contribution in [0.3, 0.4) is 0 Å². The fraction of sp³-hybridized carbons (Fsp3) is 0.364. The SMILES string of the molecule is CC/C(=N/OC)c1cccc(C(F)(F)F)c1. The molecule has 0 atom stereocenters. The largest absolute Gasteiger partial charge is 0.416 e. The van der Waals surface area contributed by atoms with Gasteiger partial charge in [0.15, 0.2) is 0 Å². The van der Waals surface area contributed by atoms with Crippen molar-refractivity contribution in [1.82, 2.24) is 0 Å². The summed E-state index contributed by atoms with van der Waals surface area (Å²) in [7, 11) is 1.36. The molecule has 0 saturated heterocycles. The Balaban J connectivity index is 3.12. The molecule has 2 nitrogen and oxygen atoms in total. The van der Waals surface area contributed by atoms with E-state index in [9.17, 15) is 13.2 Å². The van der Waals surface area contributed by atoms with Crippen molar-refractivity contribution in [2.75, 3.05) is 7.11 Å². The molecule has 0 aliphatic rings. The minimum Gasteiger partial charge on any atom is -0.399 e. The van der Waals surface area contributed by atoms with Crippen LogP contribution in [0.25, 0.3) is 0 Å². The first-order valence-electron chi connectivity index (χ1n) is 4.76. The number of hydrogen-bond donors (Lipinski definition) is 0. The van der Waals surface area contributed by atoms with Crippen molar-refractivity contribution in [3.63, 3.8) is 0 Å². The average molecular weight is 231 g/mol. The summed E-state index contributed by atoms with van der Waals surface area (Å²) in [6.45, 7) is 1.80. The highest BCUT2D eigenvalue weighted by atomic mass is 19.4. The van der Waals surface area contributed by atoms with Gasteiger partial charge in [0.25, 0.3) is 0 Å². The summed E-state index contributed by atoms with van der Waals surface area (Å²) < 4.78 is 37.3. The number of oxime groups is 1. The third-order valence-electron chi connectivity index (χ3n) is 2.06. The predicted octanol–water partition coefficient (Wildman–Crippen LogP) is 3.47. The van der Waals surface area contributed by atoms with Crippen molar-refractivity contribution < 1.29 is 18.0 Å². The van der Waals surface area contributed by atoms with Gasteiger partial charge in [-0.05, 0) is 24.1 Å². The first-order valence-corrected chi connectivity index (χ1v) is 4.76. The summed E-state index contributed by atoms with van der Waals surface area (Å²) >= 11 is 0. The van der Waals surface area contributed by atoms with Gasteiger partial charge in [-0.3, -0.25) is 0 Å². The number of hydrogen-bond acceptors (Lipinski definition) is 2. The molecule has 0 N–H and O–H groups in total. The van der Waals surface area contributed by atoms with E-state index in [0.29, 0.717) is 17.7 Å². The summed E-state index contributed by atoms with van der Waals surface area (Å²) in [5.41, 5.74) is 0.245. The molecule has 0 aliphatic heterocycles. The molecule has 0 fully saturated rings. The van der Waals surface area contributed by atoms with Crippen LogP contribution in [0.1, 0.15) is 24.5 Å². The van der Waals surface area contributed by atoms with Crippen LogP contribution in [0.4, 0.5) is 13.2 Å². The lowest BCUT2D eigenvalue weighted by Crippen LogP contribution is -2.07. The highest BCUT2D eigenvalue weighted by molar-refractivity contribution is 6.00. The van der Waals surface area contributed by atoms with Gasteiger partial charge in [-0.25, -0.2) is 0 Å². The van der Waals surface area contributed by atoms with E-state index in [2.05, 4.69) is 9.99 Å². The van der Waals surface area contributed by atoms with Gasteiger partial charge in [0.05, 0.1) is 11.3 Å². The van der Waals surface area contributed by atoms with Crippen LogP contribution >= 0.6 is 0 Å². The van der Waals surface area contributed by atoms with E-state index in [1.54, 1.807) is 13.0 Å². The van der Waals surface area contributed by atoms with E-state index in [1.807, 2.05) is 0 Å². The summed E-state index contributed by atoms with van der Waals surface area (Å²) in [6.07, 6.45) is -3.82. The second-order valence-corrected chi connectivity index (χ2v) is 3.15. The van der Waals surface area contributed by atoms with Crippen LogP contribution in [-0.4, -0.2) is 12.8 Å². The Kier molecular flexibility index (Phi) is 3.93. The van der Waals surface area contributed by atoms with Crippen LogP contribution in [0.2, 0.25) is 0 Å². The van der Waals surface area contributed by atoms with Gasteiger partial charge >= 0.3 is 6.18 Å². The number of benzene rings is 1. The van der Waals surface area contributed by atoms with Crippen LogP contribution < -0.4 is 0 Å². The Bertz CT molecular complexity index is 385.